The summed E-state index contributed by atoms with van der Waals surface area (Å²) in [5, 5.41) is 0. The van der Waals surface area contributed by atoms with Gasteiger partial charge in [0.05, 0.1) is 5.69 Å². The van der Waals surface area contributed by atoms with E-state index in [2.05, 4.69) is 99.3 Å². The SMILES string of the molecule is Cc1cc(C)c(N(c2ccccc2)c2ccccc2C)c(C)c1. The molecule has 0 fully saturated rings. The molecule has 3 aromatic carbocycles. The number of aryl methyl sites for hydroxylation is 4. The number of nitrogens with zero attached hydrogens (tertiary/aromatic N) is 1. The van der Waals surface area contributed by atoms with Crippen molar-refractivity contribution in [3.8, 4) is 0 Å². The number of para-hydroxylation sites is 2. The van der Waals surface area contributed by atoms with Crippen molar-refractivity contribution in [1.29, 1.82) is 0 Å². The van der Waals surface area contributed by atoms with Gasteiger partial charge in [0.2, 0.25) is 0 Å². The van der Waals surface area contributed by atoms with E-state index in [4.69, 9.17) is 0 Å². The van der Waals surface area contributed by atoms with Crippen LogP contribution in [0.1, 0.15) is 22.3 Å². The minimum atomic E-state index is 1.19. The van der Waals surface area contributed by atoms with Crippen LogP contribution in [0.4, 0.5) is 17.1 Å². The zero-order valence-corrected chi connectivity index (χ0v) is 14.3. The van der Waals surface area contributed by atoms with E-state index < -0.39 is 0 Å². The molecule has 0 aliphatic carbocycles. The summed E-state index contributed by atoms with van der Waals surface area (Å²) in [6, 6.07) is 23.7. The van der Waals surface area contributed by atoms with Gasteiger partial charge in [0.1, 0.15) is 0 Å². The summed E-state index contributed by atoms with van der Waals surface area (Å²) in [6.07, 6.45) is 0. The first kappa shape index (κ1) is 15.4. The van der Waals surface area contributed by atoms with E-state index in [0.29, 0.717) is 0 Å². The van der Waals surface area contributed by atoms with Crippen molar-refractivity contribution in [2.45, 2.75) is 27.7 Å². The molecule has 0 aromatic heterocycles. The van der Waals surface area contributed by atoms with Crippen LogP contribution in [0.5, 0.6) is 0 Å². The predicted molar refractivity (Wildman–Crippen MR) is 100 cm³/mol. The van der Waals surface area contributed by atoms with Gasteiger partial charge in [-0.05, 0) is 62.6 Å². The molecule has 3 aromatic rings. The lowest BCUT2D eigenvalue weighted by Gasteiger charge is -2.30. The van der Waals surface area contributed by atoms with Gasteiger partial charge in [-0.3, -0.25) is 0 Å². The highest BCUT2D eigenvalue weighted by Crippen LogP contribution is 2.40. The molecule has 0 saturated carbocycles. The Hall–Kier alpha value is -2.54. The first-order valence-electron chi connectivity index (χ1n) is 8.06. The van der Waals surface area contributed by atoms with Crippen molar-refractivity contribution in [2.75, 3.05) is 4.90 Å². The van der Waals surface area contributed by atoms with Crippen LogP contribution in [0, 0.1) is 27.7 Å². The molecule has 0 bridgehead atoms. The highest BCUT2D eigenvalue weighted by atomic mass is 15.1. The Balaban J connectivity index is 2.28. The normalized spacial score (nSPS) is 10.6. The quantitative estimate of drug-likeness (QED) is 0.541. The molecule has 116 valence electrons. The molecule has 0 amide bonds. The van der Waals surface area contributed by atoms with E-state index in [1.807, 2.05) is 0 Å². The number of hydrogen-bond donors (Lipinski definition) is 0. The molecule has 1 heteroatoms. The van der Waals surface area contributed by atoms with Crippen LogP contribution in [0.3, 0.4) is 0 Å². The maximum Gasteiger partial charge on any atom is 0.0520 e. The Morgan fingerprint density at radius 3 is 1.78 bits per heavy atom. The largest absolute Gasteiger partial charge is 0.310 e. The second-order valence-electron chi connectivity index (χ2n) is 6.20. The van der Waals surface area contributed by atoms with Crippen molar-refractivity contribution < 1.29 is 0 Å². The molecule has 0 saturated heterocycles. The lowest BCUT2D eigenvalue weighted by Crippen LogP contribution is -2.14. The molecule has 0 atom stereocenters. The Morgan fingerprint density at radius 2 is 1.17 bits per heavy atom. The maximum atomic E-state index is 2.37. The van der Waals surface area contributed by atoms with Crippen molar-refractivity contribution in [2.24, 2.45) is 0 Å². The smallest absolute Gasteiger partial charge is 0.0520 e. The summed E-state index contributed by atoms with van der Waals surface area (Å²) in [4.78, 5) is 2.37. The maximum absolute atomic E-state index is 2.37. The van der Waals surface area contributed by atoms with Gasteiger partial charge < -0.3 is 4.90 Å². The second kappa shape index (κ2) is 6.29. The Morgan fingerprint density at radius 1 is 0.609 bits per heavy atom. The summed E-state index contributed by atoms with van der Waals surface area (Å²) < 4.78 is 0. The standard InChI is InChI=1S/C22H23N/c1-16-14-18(3)22(19(4)15-16)23(20-11-6-5-7-12-20)21-13-9-8-10-17(21)2/h5-15H,1-4H3. The van der Waals surface area contributed by atoms with Crippen LogP contribution in [0.2, 0.25) is 0 Å². The minimum absolute atomic E-state index is 1.19. The average Bonchev–Trinajstić information content (AvgIpc) is 2.52. The van der Waals surface area contributed by atoms with Crippen LogP contribution in [0.15, 0.2) is 66.7 Å². The molecular weight excluding hydrogens is 278 g/mol. The molecular formula is C22H23N. The fourth-order valence-electron chi connectivity index (χ4n) is 3.31. The third-order valence-electron chi connectivity index (χ3n) is 4.23. The van der Waals surface area contributed by atoms with E-state index >= 15 is 0 Å². The molecule has 0 heterocycles. The van der Waals surface area contributed by atoms with Crippen molar-refractivity contribution in [3.63, 3.8) is 0 Å². The average molecular weight is 301 g/mol. The molecule has 0 unspecified atom stereocenters. The fourth-order valence-corrected chi connectivity index (χ4v) is 3.31. The van der Waals surface area contributed by atoms with Crippen molar-refractivity contribution in [3.05, 3.63) is 89.0 Å². The number of benzene rings is 3. The van der Waals surface area contributed by atoms with Gasteiger partial charge in [-0.15, -0.1) is 0 Å². The first-order chi connectivity index (χ1) is 11.1. The third kappa shape index (κ3) is 3.00. The van der Waals surface area contributed by atoms with Crippen LogP contribution in [-0.4, -0.2) is 0 Å². The summed E-state index contributed by atoms with van der Waals surface area (Å²) >= 11 is 0. The number of hydrogen-bond acceptors (Lipinski definition) is 1. The van der Waals surface area contributed by atoms with Gasteiger partial charge in [-0.2, -0.15) is 0 Å². The highest BCUT2D eigenvalue weighted by molar-refractivity contribution is 5.81. The topological polar surface area (TPSA) is 3.24 Å². The third-order valence-corrected chi connectivity index (χ3v) is 4.23. The Kier molecular flexibility index (Phi) is 4.20. The first-order valence-corrected chi connectivity index (χ1v) is 8.06. The van der Waals surface area contributed by atoms with Crippen LogP contribution in [-0.2, 0) is 0 Å². The van der Waals surface area contributed by atoms with Gasteiger partial charge in [0, 0.05) is 11.4 Å². The van der Waals surface area contributed by atoms with Gasteiger partial charge >= 0.3 is 0 Å². The van der Waals surface area contributed by atoms with E-state index in [1.165, 1.54) is 39.3 Å². The van der Waals surface area contributed by atoms with E-state index in [9.17, 15) is 0 Å². The number of anilines is 3. The van der Waals surface area contributed by atoms with E-state index in [0.717, 1.165) is 0 Å². The second-order valence-corrected chi connectivity index (χ2v) is 6.20. The summed E-state index contributed by atoms with van der Waals surface area (Å²) in [6.45, 7) is 8.72. The van der Waals surface area contributed by atoms with Gasteiger partial charge in [-0.1, -0.05) is 54.1 Å². The molecule has 23 heavy (non-hydrogen) atoms. The summed E-state index contributed by atoms with van der Waals surface area (Å²) in [7, 11) is 0. The highest BCUT2D eigenvalue weighted by Gasteiger charge is 2.18. The molecule has 0 radical (unpaired) electrons. The van der Waals surface area contributed by atoms with Crippen molar-refractivity contribution >= 4 is 17.1 Å². The van der Waals surface area contributed by atoms with E-state index in [1.54, 1.807) is 0 Å². The molecule has 0 aliphatic rings. The lowest BCUT2D eigenvalue weighted by atomic mass is 10.0. The fraction of sp³-hybridized carbons (Fsp3) is 0.182. The summed E-state index contributed by atoms with van der Waals surface area (Å²) in [5.74, 6) is 0. The van der Waals surface area contributed by atoms with Gasteiger partial charge in [-0.25, -0.2) is 0 Å². The zero-order valence-electron chi connectivity index (χ0n) is 14.3. The lowest BCUT2D eigenvalue weighted by molar-refractivity contribution is 1.19. The van der Waals surface area contributed by atoms with Crippen LogP contribution >= 0.6 is 0 Å². The molecule has 0 aliphatic heterocycles. The molecule has 0 N–H and O–H groups in total. The molecule has 0 spiro atoms. The Labute approximate surface area is 139 Å². The van der Waals surface area contributed by atoms with Crippen LogP contribution in [0.25, 0.3) is 0 Å². The van der Waals surface area contributed by atoms with Gasteiger partial charge in [0.15, 0.2) is 0 Å². The van der Waals surface area contributed by atoms with E-state index in [-0.39, 0.29) is 0 Å². The van der Waals surface area contributed by atoms with Crippen molar-refractivity contribution in [1.82, 2.24) is 0 Å². The molecule has 1 nitrogen and oxygen atoms in total. The zero-order chi connectivity index (χ0) is 16.4. The monoisotopic (exact) mass is 301 g/mol. The summed E-state index contributed by atoms with van der Waals surface area (Å²) in [5.41, 5.74) is 8.88. The Bertz CT molecular complexity index is 795. The molecule has 3 rings (SSSR count). The minimum Gasteiger partial charge on any atom is -0.310 e. The number of rotatable bonds is 3. The van der Waals surface area contributed by atoms with Gasteiger partial charge in [0.25, 0.3) is 0 Å². The predicted octanol–water partition coefficient (Wildman–Crippen LogP) is 6.39. The van der Waals surface area contributed by atoms with Crippen LogP contribution < -0.4 is 4.90 Å².